The molecule has 0 fully saturated rings. The zero-order valence-electron chi connectivity index (χ0n) is 13.2. The first-order valence-corrected chi connectivity index (χ1v) is 7.38. The van der Waals surface area contributed by atoms with Crippen LogP contribution in [0, 0.1) is 5.41 Å². The summed E-state index contributed by atoms with van der Waals surface area (Å²) in [5.74, 6) is 0. The minimum absolute atomic E-state index is 0.113. The van der Waals surface area contributed by atoms with Crippen molar-refractivity contribution in [2.24, 2.45) is 5.41 Å². The smallest absolute Gasteiger partial charge is 0.323 e. The summed E-state index contributed by atoms with van der Waals surface area (Å²) in [7, 11) is 0. The van der Waals surface area contributed by atoms with Crippen LogP contribution < -0.4 is 11.0 Å². The van der Waals surface area contributed by atoms with Crippen LogP contribution in [0.3, 0.4) is 0 Å². The van der Waals surface area contributed by atoms with Crippen LogP contribution in [-0.4, -0.2) is 27.7 Å². The van der Waals surface area contributed by atoms with Gasteiger partial charge in [0.1, 0.15) is 0 Å². The van der Waals surface area contributed by atoms with Gasteiger partial charge in [0.05, 0.1) is 17.1 Å². The number of hydrogen-bond donors (Lipinski definition) is 4. The third-order valence-corrected chi connectivity index (χ3v) is 3.55. The van der Waals surface area contributed by atoms with E-state index < -0.39 is 0 Å². The Bertz CT molecular complexity index is 651. The average Bonchev–Trinajstić information content (AvgIpc) is 2.72. The summed E-state index contributed by atoms with van der Waals surface area (Å²) in [6.45, 7) is 8.97. The van der Waals surface area contributed by atoms with Crippen LogP contribution in [-0.2, 0) is 0 Å². The first-order chi connectivity index (χ1) is 9.74. The zero-order chi connectivity index (χ0) is 15.6. The number of rotatable bonds is 5. The fourth-order valence-electron chi connectivity index (χ4n) is 2.53. The number of aromatic amines is 2. The van der Waals surface area contributed by atoms with Gasteiger partial charge in [-0.05, 0) is 36.5 Å². The van der Waals surface area contributed by atoms with E-state index in [0.29, 0.717) is 6.54 Å². The van der Waals surface area contributed by atoms with Crippen molar-refractivity contribution >= 4 is 11.0 Å². The molecular weight excluding hydrogens is 266 g/mol. The molecule has 1 aromatic heterocycles. The van der Waals surface area contributed by atoms with Crippen molar-refractivity contribution in [1.82, 2.24) is 15.3 Å². The first-order valence-electron chi connectivity index (χ1n) is 7.38. The maximum Gasteiger partial charge on any atom is 0.323 e. The van der Waals surface area contributed by atoms with Crippen molar-refractivity contribution in [3.8, 4) is 0 Å². The molecule has 1 aromatic carbocycles. The van der Waals surface area contributed by atoms with Crippen LogP contribution in [0.15, 0.2) is 23.0 Å². The van der Waals surface area contributed by atoms with E-state index in [1.54, 1.807) is 0 Å². The Labute approximate surface area is 124 Å². The number of benzene rings is 1. The van der Waals surface area contributed by atoms with E-state index in [1.807, 2.05) is 18.2 Å². The number of aromatic nitrogens is 2. The molecule has 21 heavy (non-hydrogen) atoms. The molecule has 2 rings (SSSR count). The zero-order valence-corrected chi connectivity index (χ0v) is 13.2. The van der Waals surface area contributed by atoms with Crippen molar-refractivity contribution in [1.29, 1.82) is 0 Å². The van der Waals surface area contributed by atoms with Crippen molar-refractivity contribution in [2.75, 3.05) is 6.54 Å². The summed E-state index contributed by atoms with van der Waals surface area (Å²) >= 11 is 0. The molecule has 4 N–H and O–H groups in total. The number of nitrogens with one attached hydrogen (secondary N) is 3. The molecule has 0 aliphatic carbocycles. The van der Waals surface area contributed by atoms with Crippen molar-refractivity contribution in [2.45, 2.75) is 46.3 Å². The van der Waals surface area contributed by atoms with Crippen LogP contribution in [0.5, 0.6) is 0 Å². The molecule has 1 heterocycles. The highest BCUT2D eigenvalue weighted by molar-refractivity contribution is 5.75. The van der Waals surface area contributed by atoms with Gasteiger partial charge in [-0.25, -0.2) is 4.79 Å². The molecule has 2 unspecified atom stereocenters. The monoisotopic (exact) mass is 291 g/mol. The molecule has 0 aliphatic heterocycles. The van der Waals surface area contributed by atoms with Gasteiger partial charge in [0, 0.05) is 12.6 Å². The van der Waals surface area contributed by atoms with Gasteiger partial charge in [0.15, 0.2) is 0 Å². The molecule has 2 aromatic rings. The molecule has 0 spiro atoms. The highest BCUT2D eigenvalue weighted by atomic mass is 16.3. The summed E-state index contributed by atoms with van der Waals surface area (Å²) in [6.07, 6.45) is 0.403. The molecule has 5 heteroatoms. The molecule has 116 valence electrons. The van der Waals surface area contributed by atoms with E-state index in [9.17, 15) is 9.90 Å². The molecule has 2 atom stereocenters. The van der Waals surface area contributed by atoms with Gasteiger partial charge in [0.2, 0.25) is 0 Å². The van der Waals surface area contributed by atoms with E-state index >= 15 is 0 Å². The minimum atomic E-state index is -0.358. The lowest BCUT2D eigenvalue weighted by Crippen LogP contribution is -2.31. The van der Waals surface area contributed by atoms with Gasteiger partial charge in [-0.15, -0.1) is 0 Å². The van der Waals surface area contributed by atoms with Crippen LogP contribution in [0.2, 0.25) is 0 Å². The van der Waals surface area contributed by atoms with Crippen LogP contribution >= 0.6 is 0 Å². The van der Waals surface area contributed by atoms with Gasteiger partial charge in [0.25, 0.3) is 0 Å². The molecule has 0 bridgehead atoms. The lowest BCUT2D eigenvalue weighted by molar-refractivity contribution is 0.117. The molecule has 0 saturated carbocycles. The second-order valence-electron chi connectivity index (χ2n) is 6.93. The fourth-order valence-corrected chi connectivity index (χ4v) is 2.53. The topological polar surface area (TPSA) is 80.9 Å². The normalized spacial score (nSPS) is 15.3. The highest BCUT2D eigenvalue weighted by Gasteiger charge is 2.17. The molecule has 0 saturated heterocycles. The minimum Gasteiger partial charge on any atom is -0.392 e. The van der Waals surface area contributed by atoms with Crippen molar-refractivity contribution in [3.05, 3.63) is 34.2 Å². The second-order valence-corrected chi connectivity index (χ2v) is 6.93. The van der Waals surface area contributed by atoms with Gasteiger partial charge in [-0.1, -0.05) is 26.8 Å². The summed E-state index contributed by atoms with van der Waals surface area (Å²) in [4.78, 5) is 16.7. The number of aliphatic hydroxyl groups is 1. The standard InChI is InChI=1S/C16H25N3O2/c1-10(17-9-12(20)8-16(2,3)4)11-5-6-13-14(7-11)19-15(21)18-13/h5-7,10,12,17,20H,8-9H2,1-4H3,(H2,18,19,21). The highest BCUT2D eigenvalue weighted by Crippen LogP contribution is 2.21. The molecule has 0 aliphatic rings. The summed E-state index contributed by atoms with van der Waals surface area (Å²) < 4.78 is 0. The van der Waals surface area contributed by atoms with Gasteiger partial charge in [-0.2, -0.15) is 0 Å². The Morgan fingerprint density at radius 1 is 1.24 bits per heavy atom. The Hall–Kier alpha value is -1.59. The summed E-state index contributed by atoms with van der Waals surface area (Å²) in [6, 6.07) is 5.95. The van der Waals surface area contributed by atoms with Crippen molar-refractivity contribution in [3.63, 3.8) is 0 Å². The average molecular weight is 291 g/mol. The van der Waals surface area contributed by atoms with E-state index in [2.05, 4.69) is 43.0 Å². The number of H-pyrrole nitrogens is 2. The Kier molecular flexibility index (Phi) is 4.54. The van der Waals surface area contributed by atoms with Crippen LogP contribution in [0.25, 0.3) is 11.0 Å². The second kappa shape index (κ2) is 6.03. The van der Waals surface area contributed by atoms with E-state index in [-0.39, 0.29) is 23.3 Å². The van der Waals surface area contributed by atoms with E-state index in [1.165, 1.54) is 0 Å². The van der Waals surface area contributed by atoms with Gasteiger partial charge >= 0.3 is 5.69 Å². The quantitative estimate of drug-likeness (QED) is 0.682. The third-order valence-electron chi connectivity index (χ3n) is 3.55. The predicted molar refractivity (Wildman–Crippen MR) is 85.4 cm³/mol. The molecule has 0 radical (unpaired) electrons. The summed E-state index contributed by atoms with van der Waals surface area (Å²) in [5, 5.41) is 13.4. The SMILES string of the molecule is CC(NCC(O)CC(C)(C)C)c1ccc2[nH]c(=O)[nH]c2c1. The molecule has 0 amide bonds. The number of imidazole rings is 1. The number of hydrogen-bond acceptors (Lipinski definition) is 3. The Morgan fingerprint density at radius 3 is 2.57 bits per heavy atom. The Balaban J connectivity index is 1.98. The maximum atomic E-state index is 11.3. The Morgan fingerprint density at radius 2 is 1.90 bits per heavy atom. The number of aliphatic hydroxyl groups excluding tert-OH is 1. The predicted octanol–water partition coefficient (Wildman–Crippen LogP) is 2.30. The first kappa shape index (κ1) is 15.8. The molecular formula is C16H25N3O2. The van der Waals surface area contributed by atoms with Crippen LogP contribution in [0.4, 0.5) is 0 Å². The lowest BCUT2D eigenvalue weighted by Gasteiger charge is -2.24. The largest absolute Gasteiger partial charge is 0.392 e. The van der Waals surface area contributed by atoms with E-state index in [4.69, 9.17) is 0 Å². The van der Waals surface area contributed by atoms with Gasteiger partial charge < -0.3 is 20.4 Å². The number of fused-ring (bicyclic) bond motifs is 1. The fraction of sp³-hybridized carbons (Fsp3) is 0.562. The third kappa shape index (κ3) is 4.44. The lowest BCUT2D eigenvalue weighted by atomic mass is 9.89. The maximum absolute atomic E-state index is 11.3. The van der Waals surface area contributed by atoms with E-state index in [0.717, 1.165) is 23.0 Å². The summed E-state index contributed by atoms with van der Waals surface area (Å²) in [5.41, 5.74) is 2.63. The van der Waals surface area contributed by atoms with Crippen LogP contribution in [0.1, 0.15) is 45.7 Å². The van der Waals surface area contributed by atoms with Gasteiger partial charge in [-0.3, -0.25) is 0 Å². The molecule has 5 nitrogen and oxygen atoms in total. The van der Waals surface area contributed by atoms with Crippen molar-refractivity contribution < 1.29 is 5.11 Å².